The Kier molecular flexibility index (Phi) is 6.75. The molecule has 0 unspecified atom stereocenters. The van der Waals surface area contributed by atoms with Gasteiger partial charge in [-0.2, -0.15) is 4.37 Å². The number of halogens is 1. The van der Waals surface area contributed by atoms with E-state index in [1.165, 1.54) is 11.5 Å². The van der Waals surface area contributed by atoms with E-state index in [1.54, 1.807) is 0 Å². The number of hydrogen-bond acceptors (Lipinski definition) is 5. The highest BCUT2D eigenvalue weighted by atomic mass is 35.5. The Morgan fingerprint density at radius 2 is 1.73 bits per heavy atom. The molecule has 3 aromatic carbocycles. The van der Waals surface area contributed by atoms with Crippen molar-refractivity contribution in [3.63, 3.8) is 0 Å². The van der Waals surface area contributed by atoms with Crippen LogP contribution in [0.25, 0.3) is 21.6 Å². The maximum absolute atomic E-state index is 12.7. The lowest BCUT2D eigenvalue weighted by atomic mass is 9.93. The molecule has 5 rings (SSSR count). The number of hydrogen-bond donors (Lipinski definition) is 2. The number of aryl methyl sites for hydroxylation is 1. The van der Waals surface area contributed by atoms with E-state index in [0.29, 0.717) is 29.2 Å². The maximum Gasteiger partial charge on any atom is 0.412 e. The molecule has 2 N–H and O–H groups in total. The zero-order valence-corrected chi connectivity index (χ0v) is 21.9. The smallest absolute Gasteiger partial charge is 0.412 e. The molecule has 0 aliphatic heterocycles. The van der Waals surface area contributed by atoms with E-state index in [-0.39, 0.29) is 0 Å². The van der Waals surface area contributed by atoms with Crippen LogP contribution in [-0.4, -0.2) is 21.5 Å². The first-order valence-corrected chi connectivity index (χ1v) is 13.1. The number of amides is 1. The molecule has 1 aliphatic rings. The van der Waals surface area contributed by atoms with E-state index in [1.807, 2.05) is 86.6 Å². The van der Waals surface area contributed by atoms with Crippen LogP contribution in [0.1, 0.15) is 42.7 Å². The van der Waals surface area contributed by atoms with Crippen molar-refractivity contribution in [2.45, 2.75) is 38.2 Å². The lowest BCUT2D eigenvalue weighted by Gasteiger charge is -2.15. The van der Waals surface area contributed by atoms with Crippen molar-refractivity contribution in [3.05, 3.63) is 94.6 Å². The highest BCUT2D eigenvalue weighted by Crippen LogP contribution is 2.49. The summed E-state index contributed by atoms with van der Waals surface area (Å²) in [5.74, 6) is -0.773. The minimum atomic E-state index is -0.773. The standard InChI is InChI=1S/C29H25ClN2O4S/c1-17-25(31-28(35)36-18(2)19-6-4-3-5-7-19)26(37-32-17)21-10-13-23(24(30)16-21)20-8-11-22(12-9-20)29(14-15-29)27(33)34/h3-13,16,18H,14-15H2,1-2H3,(H,31,35)(H,33,34)/t18-/m1/s1. The van der Waals surface area contributed by atoms with Gasteiger partial charge < -0.3 is 9.84 Å². The Hall–Kier alpha value is -3.68. The maximum atomic E-state index is 12.7. The van der Waals surface area contributed by atoms with Gasteiger partial charge in [-0.1, -0.05) is 78.3 Å². The van der Waals surface area contributed by atoms with E-state index in [2.05, 4.69) is 9.69 Å². The van der Waals surface area contributed by atoms with E-state index in [9.17, 15) is 14.7 Å². The molecule has 0 saturated heterocycles. The number of nitrogens with zero attached hydrogens (tertiary/aromatic N) is 1. The Morgan fingerprint density at radius 3 is 2.35 bits per heavy atom. The molecule has 188 valence electrons. The summed E-state index contributed by atoms with van der Waals surface area (Å²) >= 11 is 7.96. The molecular formula is C29H25ClN2O4S. The van der Waals surface area contributed by atoms with Crippen molar-refractivity contribution in [2.24, 2.45) is 0 Å². The number of nitrogens with one attached hydrogen (secondary N) is 1. The highest BCUT2D eigenvalue weighted by molar-refractivity contribution is 7.10. The first-order valence-electron chi connectivity index (χ1n) is 11.9. The van der Waals surface area contributed by atoms with Gasteiger partial charge in [-0.15, -0.1) is 0 Å². The largest absolute Gasteiger partial charge is 0.481 e. The average Bonchev–Trinajstić information content (AvgIpc) is 3.64. The number of carbonyl (C=O) groups is 2. The second-order valence-electron chi connectivity index (χ2n) is 9.21. The summed E-state index contributed by atoms with van der Waals surface area (Å²) in [6.07, 6.45) is 0.376. The van der Waals surface area contributed by atoms with Gasteiger partial charge in [-0.3, -0.25) is 10.1 Å². The molecular weight excluding hydrogens is 508 g/mol. The molecule has 0 radical (unpaired) electrons. The Labute approximate surface area is 224 Å². The van der Waals surface area contributed by atoms with Crippen molar-refractivity contribution in [2.75, 3.05) is 5.32 Å². The highest BCUT2D eigenvalue weighted by Gasteiger charge is 2.51. The van der Waals surface area contributed by atoms with Crippen LogP contribution in [0, 0.1) is 6.92 Å². The Morgan fingerprint density at radius 1 is 1.05 bits per heavy atom. The van der Waals surface area contributed by atoms with Crippen LogP contribution in [0.5, 0.6) is 0 Å². The predicted molar refractivity (Wildman–Crippen MR) is 146 cm³/mol. The van der Waals surface area contributed by atoms with Gasteiger partial charge in [0.25, 0.3) is 0 Å². The van der Waals surface area contributed by atoms with Crippen molar-refractivity contribution in [1.29, 1.82) is 0 Å². The van der Waals surface area contributed by atoms with Crippen molar-refractivity contribution in [3.8, 4) is 21.6 Å². The van der Waals surface area contributed by atoms with Crippen LogP contribution in [0.15, 0.2) is 72.8 Å². The molecule has 1 aromatic heterocycles. The lowest BCUT2D eigenvalue weighted by molar-refractivity contribution is -0.140. The molecule has 0 bridgehead atoms. The quantitative estimate of drug-likeness (QED) is 0.253. The third-order valence-electron chi connectivity index (χ3n) is 6.78. The summed E-state index contributed by atoms with van der Waals surface area (Å²) in [5, 5.41) is 12.9. The lowest BCUT2D eigenvalue weighted by Crippen LogP contribution is -2.19. The van der Waals surface area contributed by atoms with Gasteiger partial charge in [0.1, 0.15) is 6.10 Å². The van der Waals surface area contributed by atoms with Gasteiger partial charge in [-0.05, 0) is 66.5 Å². The molecule has 0 spiro atoms. The molecule has 8 heteroatoms. The number of carboxylic acids is 1. The predicted octanol–water partition coefficient (Wildman–Crippen LogP) is 7.86. The fourth-order valence-electron chi connectivity index (χ4n) is 4.41. The second kappa shape index (κ2) is 10.00. The van der Waals surface area contributed by atoms with Gasteiger partial charge in [0.2, 0.25) is 0 Å². The number of aromatic nitrogens is 1. The zero-order valence-electron chi connectivity index (χ0n) is 20.3. The number of rotatable bonds is 7. The molecule has 1 saturated carbocycles. The Balaban J connectivity index is 1.34. The third kappa shape index (κ3) is 4.97. The first kappa shape index (κ1) is 25.0. The van der Waals surface area contributed by atoms with E-state index in [0.717, 1.165) is 32.7 Å². The van der Waals surface area contributed by atoms with Crippen molar-refractivity contribution < 1.29 is 19.4 Å². The van der Waals surface area contributed by atoms with Gasteiger partial charge in [0.05, 0.1) is 21.7 Å². The number of carboxylic acid groups (broad SMARTS) is 1. The minimum Gasteiger partial charge on any atom is -0.481 e. The summed E-state index contributed by atoms with van der Waals surface area (Å²) < 4.78 is 10.00. The first-order chi connectivity index (χ1) is 17.8. The van der Waals surface area contributed by atoms with Crippen LogP contribution >= 0.6 is 23.1 Å². The summed E-state index contributed by atoms with van der Waals surface area (Å²) in [5.41, 5.74) is 4.83. The zero-order chi connectivity index (χ0) is 26.2. The molecule has 1 heterocycles. The van der Waals surface area contributed by atoms with Crippen LogP contribution in [0.2, 0.25) is 5.02 Å². The summed E-state index contributed by atoms with van der Waals surface area (Å²) in [6.45, 7) is 3.66. The average molecular weight is 533 g/mol. The second-order valence-corrected chi connectivity index (χ2v) is 10.4. The third-order valence-corrected chi connectivity index (χ3v) is 8.08. The monoisotopic (exact) mass is 532 g/mol. The minimum absolute atomic E-state index is 0.401. The van der Waals surface area contributed by atoms with E-state index in [4.69, 9.17) is 16.3 Å². The number of carbonyl (C=O) groups excluding carboxylic acids is 1. The normalized spacial score (nSPS) is 14.6. The van der Waals surface area contributed by atoms with E-state index < -0.39 is 23.6 Å². The summed E-state index contributed by atoms with van der Waals surface area (Å²) in [6, 6.07) is 22.8. The SMILES string of the molecule is Cc1nsc(-c2ccc(-c3ccc(C4(C(=O)O)CC4)cc3)c(Cl)c2)c1NC(=O)O[C@H](C)c1ccccc1. The molecule has 6 nitrogen and oxygen atoms in total. The van der Waals surface area contributed by atoms with Gasteiger partial charge >= 0.3 is 12.1 Å². The van der Waals surface area contributed by atoms with Crippen LogP contribution in [0.4, 0.5) is 10.5 Å². The molecule has 1 atom stereocenters. The molecule has 4 aromatic rings. The van der Waals surface area contributed by atoms with Crippen LogP contribution in [-0.2, 0) is 14.9 Å². The van der Waals surface area contributed by atoms with Gasteiger partial charge in [0, 0.05) is 10.6 Å². The molecule has 1 fully saturated rings. The van der Waals surface area contributed by atoms with Gasteiger partial charge in [0.15, 0.2) is 0 Å². The van der Waals surface area contributed by atoms with E-state index >= 15 is 0 Å². The van der Waals surface area contributed by atoms with Gasteiger partial charge in [-0.25, -0.2) is 4.79 Å². The number of ether oxygens (including phenoxy) is 1. The van der Waals surface area contributed by atoms with Crippen molar-refractivity contribution in [1.82, 2.24) is 4.37 Å². The number of anilines is 1. The number of benzene rings is 3. The van der Waals surface area contributed by atoms with Crippen LogP contribution < -0.4 is 5.32 Å². The molecule has 1 aliphatic carbocycles. The molecule has 1 amide bonds. The topological polar surface area (TPSA) is 88.5 Å². The number of aliphatic carboxylic acids is 1. The summed E-state index contributed by atoms with van der Waals surface area (Å²) in [4.78, 5) is 25.1. The van der Waals surface area contributed by atoms with Crippen molar-refractivity contribution >= 4 is 40.9 Å². The molecule has 37 heavy (non-hydrogen) atoms. The van der Waals surface area contributed by atoms with Crippen LogP contribution in [0.3, 0.4) is 0 Å². The Bertz CT molecular complexity index is 1460. The fourth-order valence-corrected chi connectivity index (χ4v) is 5.54. The summed E-state index contributed by atoms with van der Waals surface area (Å²) in [7, 11) is 0. The fraction of sp³-hybridized carbons (Fsp3) is 0.207.